The average molecular weight is 582 g/mol. The summed E-state index contributed by atoms with van der Waals surface area (Å²) in [6.45, 7) is 24.9. The lowest BCUT2D eigenvalue weighted by molar-refractivity contribution is 0.0488. The molecule has 3 aliphatic carbocycles. The first kappa shape index (κ1) is 39.7. The van der Waals surface area contributed by atoms with Gasteiger partial charge in [-0.25, -0.2) is 0 Å². The minimum absolute atomic E-state index is 0.323. The van der Waals surface area contributed by atoms with Gasteiger partial charge in [0.15, 0.2) is 0 Å². The van der Waals surface area contributed by atoms with Gasteiger partial charge in [0.1, 0.15) is 18.1 Å². The zero-order valence-corrected chi connectivity index (χ0v) is 29.8. The van der Waals surface area contributed by atoms with E-state index in [1.807, 2.05) is 97.9 Å². The molecule has 0 saturated heterocycles. The van der Waals surface area contributed by atoms with Gasteiger partial charge in [-0.3, -0.25) is 0 Å². The lowest BCUT2D eigenvalue weighted by Gasteiger charge is -2.52. The molecular weight excluding hydrogens is 514 g/mol. The summed E-state index contributed by atoms with van der Waals surface area (Å²) in [4.78, 5) is 2.12. The third kappa shape index (κ3) is 10.5. The van der Waals surface area contributed by atoms with Gasteiger partial charge >= 0.3 is 0 Å². The molecule has 1 N–H and O–H groups in total. The van der Waals surface area contributed by atoms with Gasteiger partial charge in [-0.2, -0.15) is 0 Å². The molecule has 5 atom stereocenters. The van der Waals surface area contributed by atoms with Crippen LogP contribution in [0.3, 0.4) is 0 Å². The zero-order chi connectivity index (χ0) is 32.3. The van der Waals surface area contributed by atoms with Crippen molar-refractivity contribution in [2.24, 2.45) is 23.2 Å². The van der Waals surface area contributed by atoms with Crippen LogP contribution in [0.4, 0.5) is 0 Å². The molecule has 3 aliphatic rings. The number of aromatic hydroxyl groups is 1. The molecule has 4 unspecified atom stereocenters. The van der Waals surface area contributed by atoms with Crippen molar-refractivity contribution in [3.63, 3.8) is 0 Å². The fraction of sp³-hybridized carbons (Fsp3) is 0.641. The van der Waals surface area contributed by atoms with E-state index >= 15 is 0 Å². The highest BCUT2D eigenvalue weighted by Gasteiger charge is 2.54. The Labute approximate surface area is 261 Å². The number of allylic oxidation sites excluding steroid dienone is 1. The highest BCUT2D eigenvalue weighted by atomic mass is 16.5. The van der Waals surface area contributed by atoms with Crippen LogP contribution in [0.2, 0.25) is 0 Å². The molecule has 2 saturated carbocycles. The molecule has 0 radical (unpaired) electrons. The standard InChI is InChI=1S/C27H32O2.C4H11N.4C2H6/c1-18-16-19-17-21(28)9-10-23(19)24-12-14-27(2)20(8-11-25(27)26(18)24)13-15-29-22-6-4-3-5-7-22;1-4-5(2)3;4*1-2/h3-7,9-10,13,17-18,24-26,28H,8,11-12,14-16H2,1-2H3;4H2,1-3H3;4*1-2H3/b20-13+;;;;;/t18-,24?,25?,26?,27?;;;;;/m1...../s1. The molecule has 42 heavy (non-hydrogen) atoms. The van der Waals surface area contributed by atoms with E-state index in [4.69, 9.17) is 4.74 Å². The Morgan fingerprint density at radius 3 is 2.10 bits per heavy atom. The SMILES string of the molecule is CC.CC.CC.CC.CCN(C)C.C[C@@H]1Cc2cc(O)ccc2C2CCC3(C)/C(=C/COc4ccccc4)CCC3C21. The number of ether oxygens (including phenoxy) is 1. The molecule has 0 aromatic heterocycles. The number of hydrogen-bond donors (Lipinski definition) is 1. The van der Waals surface area contributed by atoms with Crippen LogP contribution in [-0.4, -0.2) is 37.3 Å². The first-order valence-electron chi connectivity index (χ1n) is 17.2. The van der Waals surface area contributed by atoms with Crippen LogP contribution in [0.25, 0.3) is 0 Å². The largest absolute Gasteiger partial charge is 0.508 e. The lowest BCUT2D eigenvalue weighted by atomic mass is 9.52. The molecule has 2 fully saturated rings. The second kappa shape index (κ2) is 21.4. The van der Waals surface area contributed by atoms with Crippen molar-refractivity contribution >= 4 is 0 Å². The fourth-order valence-corrected chi connectivity index (χ4v) is 6.90. The quantitative estimate of drug-likeness (QED) is 0.365. The van der Waals surface area contributed by atoms with E-state index in [1.54, 1.807) is 5.57 Å². The first-order valence-corrected chi connectivity index (χ1v) is 17.2. The normalized spacial score (nSPS) is 25.4. The number of nitrogens with zero attached hydrogens (tertiary/aromatic N) is 1. The van der Waals surface area contributed by atoms with Gasteiger partial charge in [-0.15, -0.1) is 0 Å². The summed E-state index contributed by atoms with van der Waals surface area (Å²) in [6.07, 6.45) is 8.55. The van der Waals surface area contributed by atoms with Crippen LogP contribution in [0.5, 0.6) is 11.5 Å². The van der Waals surface area contributed by atoms with Crippen LogP contribution in [0, 0.1) is 23.2 Å². The third-order valence-electron chi connectivity index (χ3n) is 8.86. The highest BCUT2D eigenvalue weighted by Crippen LogP contribution is 2.63. The van der Waals surface area contributed by atoms with Crippen molar-refractivity contribution < 1.29 is 9.84 Å². The molecule has 5 rings (SSSR count). The summed E-state index contributed by atoms with van der Waals surface area (Å²) < 4.78 is 5.98. The maximum atomic E-state index is 9.94. The summed E-state index contributed by atoms with van der Waals surface area (Å²) in [5.74, 6) is 4.23. The Kier molecular flexibility index (Phi) is 20.3. The number of rotatable bonds is 4. The predicted octanol–water partition coefficient (Wildman–Crippen LogP) is 11.2. The molecule has 2 aromatic rings. The maximum Gasteiger partial charge on any atom is 0.119 e. The lowest BCUT2D eigenvalue weighted by Crippen LogP contribution is -2.43. The summed E-state index contributed by atoms with van der Waals surface area (Å²) in [5, 5.41) is 9.94. The maximum absolute atomic E-state index is 9.94. The molecule has 0 heterocycles. The van der Waals surface area contributed by atoms with E-state index in [1.165, 1.54) is 36.8 Å². The Morgan fingerprint density at radius 1 is 0.929 bits per heavy atom. The molecular formula is C39H67NO2. The van der Waals surface area contributed by atoms with Gasteiger partial charge in [0.2, 0.25) is 0 Å². The highest BCUT2D eigenvalue weighted by molar-refractivity contribution is 5.41. The van der Waals surface area contributed by atoms with Gasteiger partial charge < -0.3 is 14.7 Å². The predicted molar refractivity (Wildman–Crippen MR) is 187 cm³/mol. The summed E-state index contributed by atoms with van der Waals surface area (Å²) >= 11 is 0. The second-order valence-electron chi connectivity index (χ2n) is 11.1. The molecule has 2 aromatic carbocycles. The minimum atomic E-state index is 0.323. The van der Waals surface area contributed by atoms with Crippen molar-refractivity contribution in [1.29, 1.82) is 0 Å². The average Bonchev–Trinajstić information content (AvgIpc) is 3.37. The van der Waals surface area contributed by atoms with Crippen LogP contribution in [-0.2, 0) is 6.42 Å². The van der Waals surface area contributed by atoms with Gasteiger partial charge in [0.25, 0.3) is 0 Å². The summed E-state index contributed by atoms with van der Waals surface area (Å²) in [5.41, 5.74) is 4.84. The monoisotopic (exact) mass is 582 g/mol. The van der Waals surface area contributed by atoms with Crippen LogP contribution in [0.15, 0.2) is 60.2 Å². The number of fused-ring (bicyclic) bond motifs is 5. The van der Waals surface area contributed by atoms with Crippen LogP contribution in [0.1, 0.15) is 119 Å². The smallest absolute Gasteiger partial charge is 0.119 e. The molecule has 0 bridgehead atoms. The van der Waals surface area contributed by atoms with Crippen molar-refractivity contribution in [2.45, 2.75) is 114 Å². The number of hydrogen-bond acceptors (Lipinski definition) is 3. The molecule has 0 spiro atoms. The third-order valence-corrected chi connectivity index (χ3v) is 8.86. The van der Waals surface area contributed by atoms with Gasteiger partial charge in [0, 0.05) is 0 Å². The first-order chi connectivity index (χ1) is 20.3. The van der Waals surface area contributed by atoms with Gasteiger partial charge in [-0.1, -0.05) is 106 Å². The van der Waals surface area contributed by atoms with E-state index in [0.29, 0.717) is 29.6 Å². The fourth-order valence-electron chi connectivity index (χ4n) is 6.90. The zero-order valence-electron chi connectivity index (χ0n) is 29.8. The minimum Gasteiger partial charge on any atom is -0.508 e. The van der Waals surface area contributed by atoms with Crippen molar-refractivity contribution in [3.05, 3.63) is 71.3 Å². The molecule has 3 nitrogen and oxygen atoms in total. The Bertz CT molecular complexity index is 983. The second-order valence-corrected chi connectivity index (χ2v) is 11.1. The molecule has 0 aliphatic heterocycles. The molecule has 0 amide bonds. The Morgan fingerprint density at radius 2 is 1.52 bits per heavy atom. The van der Waals surface area contributed by atoms with E-state index in [9.17, 15) is 5.11 Å². The van der Waals surface area contributed by atoms with E-state index in [0.717, 1.165) is 30.6 Å². The summed E-state index contributed by atoms with van der Waals surface area (Å²) in [6, 6.07) is 16.2. The number of benzene rings is 2. The van der Waals surface area contributed by atoms with Gasteiger partial charge in [0.05, 0.1) is 0 Å². The topological polar surface area (TPSA) is 32.7 Å². The number of phenols is 1. The Balaban J connectivity index is 0.00000113. The number of para-hydroxylation sites is 1. The van der Waals surface area contributed by atoms with Crippen LogP contribution < -0.4 is 4.74 Å². The van der Waals surface area contributed by atoms with Crippen LogP contribution >= 0.6 is 0 Å². The summed E-state index contributed by atoms with van der Waals surface area (Å²) in [7, 11) is 4.11. The van der Waals surface area contributed by atoms with E-state index in [2.05, 4.69) is 51.9 Å². The van der Waals surface area contributed by atoms with Crippen molar-refractivity contribution in [2.75, 3.05) is 27.2 Å². The van der Waals surface area contributed by atoms with E-state index in [-0.39, 0.29) is 0 Å². The Hall–Kier alpha value is -2.26. The molecule has 3 heteroatoms. The van der Waals surface area contributed by atoms with Crippen molar-refractivity contribution in [3.8, 4) is 11.5 Å². The van der Waals surface area contributed by atoms with Gasteiger partial charge in [-0.05, 0) is 123 Å². The van der Waals surface area contributed by atoms with E-state index < -0.39 is 0 Å². The number of phenolic OH excluding ortho intramolecular Hbond substituents is 1. The van der Waals surface area contributed by atoms with Crippen molar-refractivity contribution in [1.82, 2.24) is 4.90 Å². The molecule has 240 valence electrons.